The van der Waals surface area contributed by atoms with Crippen LogP contribution in [0, 0.1) is 11.5 Å². The number of likely N-dealkylation sites (tertiary alicyclic amines) is 2. The number of ether oxygens (including phenoxy) is 1. The zero-order valence-electron chi connectivity index (χ0n) is 22.4. The van der Waals surface area contributed by atoms with Crippen molar-refractivity contribution < 1.29 is 9.13 Å². The molecule has 3 aromatic rings. The van der Waals surface area contributed by atoms with Crippen LogP contribution in [0.5, 0.6) is 6.01 Å². The third kappa shape index (κ3) is 5.04. The normalized spacial score (nSPS) is 20.4. The number of alkyl halides is 1. The van der Waals surface area contributed by atoms with Crippen molar-refractivity contribution in [3.8, 4) is 12.2 Å². The van der Waals surface area contributed by atoms with E-state index in [-0.39, 0.29) is 19.6 Å². The predicted molar refractivity (Wildman–Crippen MR) is 151 cm³/mol. The molecule has 3 aliphatic rings. The fourth-order valence-electron chi connectivity index (χ4n) is 6.18. The molecule has 2 fully saturated rings. The van der Waals surface area contributed by atoms with Crippen LogP contribution in [0.2, 0.25) is 5.02 Å². The number of likely N-dealkylation sites (N-methyl/N-ethyl adjacent to an activating group) is 1. The summed E-state index contributed by atoms with van der Waals surface area (Å²) >= 11 is 6.65. The van der Waals surface area contributed by atoms with Gasteiger partial charge in [0, 0.05) is 36.3 Å². The van der Waals surface area contributed by atoms with Crippen LogP contribution in [-0.4, -0.2) is 84.9 Å². The topological polar surface area (TPSA) is 71.8 Å². The molecule has 0 radical (unpaired) electrons. The third-order valence-corrected chi connectivity index (χ3v) is 8.56. The van der Waals surface area contributed by atoms with E-state index in [0.717, 1.165) is 58.7 Å². The van der Waals surface area contributed by atoms with E-state index in [4.69, 9.17) is 31.6 Å². The first-order chi connectivity index (χ1) is 18.8. The van der Waals surface area contributed by atoms with Crippen LogP contribution in [-0.2, 0) is 13.0 Å². The molecule has 1 aromatic heterocycles. The molecule has 0 amide bonds. The molecule has 6 rings (SSSR count). The standard InChI is InChI=1S/C29H33ClFN7O/c1-35-12-5-8-21(35)15-39-28-33-24-14-38(25-10-4-7-20-6-3-9-23(30)26(20)25)13-11-22(24)27(34-28)36(2)16-29(31)17-37(18-29)19-32/h3-4,6-7,9-10,21H,5,8,11-18H2,1-2H3/t21-/m0/s1. The summed E-state index contributed by atoms with van der Waals surface area (Å²) in [6.45, 7) is 3.28. The fourth-order valence-corrected chi connectivity index (χ4v) is 6.46. The van der Waals surface area contributed by atoms with Gasteiger partial charge in [0.05, 0.1) is 36.9 Å². The van der Waals surface area contributed by atoms with Gasteiger partial charge in [-0.2, -0.15) is 15.2 Å². The first kappa shape index (κ1) is 25.9. The molecular formula is C29H33ClFN7O. The van der Waals surface area contributed by atoms with Crippen LogP contribution in [0.1, 0.15) is 24.1 Å². The quantitative estimate of drug-likeness (QED) is 0.405. The number of aromatic nitrogens is 2. The Morgan fingerprint density at radius 2 is 2.00 bits per heavy atom. The Bertz CT molecular complexity index is 1420. The summed E-state index contributed by atoms with van der Waals surface area (Å²) in [5, 5.41) is 11.9. The van der Waals surface area contributed by atoms with Crippen molar-refractivity contribution >= 4 is 33.9 Å². The molecule has 0 unspecified atom stereocenters. The molecule has 2 saturated heterocycles. The van der Waals surface area contributed by atoms with E-state index in [1.807, 2.05) is 30.3 Å². The van der Waals surface area contributed by atoms with Gasteiger partial charge in [-0.05, 0) is 50.4 Å². The van der Waals surface area contributed by atoms with Crippen LogP contribution in [0.4, 0.5) is 15.9 Å². The van der Waals surface area contributed by atoms with Gasteiger partial charge in [-0.1, -0.05) is 35.9 Å². The van der Waals surface area contributed by atoms with Gasteiger partial charge >= 0.3 is 6.01 Å². The third-order valence-electron chi connectivity index (χ3n) is 8.24. The summed E-state index contributed by atoms with van der Waals surface area (Å²) in [5.74, 6) is 0.706. The van der Waals surface area contributed by atoms with Gasteiger partial charge in [0.1, 0.15) is 12.4 Å². The van der Waals surface area contributed by atoms with Gasteiger partial charge in [-0.3, -0.25) is 0 Å². The minimum Gasteiger partial charge on any atom is -0.462 e. The van der Waals surface area contributed by atoms with Gasteiger partial charge in [0.2, 0.25) is 0 Å². The zero-order chi connectivity index (χ0) is 27.1. The summed E-state index contributed by atoms with van der Waals surface area (Å²) in [6, 6.07) is 12.9. The van der Waals surface area contributed by atoms with Crippen molar-refractivity contribution in [3.05, 3.63) is 52.7 Å². The molecule has 0 bridgehead atoms. The molecule has 0 N–H and O–H groups in total. The average Bonchev–Trinajstić information content (AvgIpc) is 3.33. The Hall–Kier alpha value is -3.35. The Morgan fingerprint density at radius 1 is 1.21 bits per heavy atom. The Morgan fingerprint density at radius 3 is 2.74 bits per heavy atom. The van der Waals surface area contributed by atoms with Gasteiger partial charge in [0.15, 0.2) is 11.9 Å². The number of rotatable bonds is 7. The summed E-state index contributed by atoms with van der Waals surface area (Å²) < 4.78 is 21.5. The number of halogens is 2. The molecule has 204 valence electrons. The SMILES string of the molecule is CN(CC1(F)CN(C#N)C1)c1nc(OC[C@@H]2CCCN2C)nc2c1CCN(c1cccc3cccc(Cl)c13)C2. The van der Waals surface area contributed by atoms with Crippen molar-refractivity contribution in [2.45, 2.75) is 37.5 Å². The van der Waals surface area contributed by atoms with Crippen molar-refractivity contribution in [2.24, 2.45) is 0 Å². The Balaban J connectivity index is 1.31. The van der Waals surface area contributed by atoms with Crippen LogP contribution < -0.4 is 14.5 Å². The summed E-state index contributed by atoms with van der Waals surface area (Å²) in [6.07, 6.45) is 4.98. The highest BCUT2D eigenvalue weighted by atomic mass is 35.5. The van der Waals surface area contributed by atoms with E-state index in [2.05, 4.69) is 41.1 Å². The van der Waals surface area contributed by atoms with E-state index in [9.17, 15) is 0 Å². The minimum absolute atomic E-state index is 0.105. The maximum atomic E-state index is 15.3. The van der Waals surface area contributed by atoms with Crippen LogP contribution in [0.15, 0.2) is 36.4 Å². The molecule has 8 nitrogen and oxygen atoms in total. The molecule has 4 heterocycles. The second-order valence-corrected chi connectivity index (χ2v) is 11.5. The van der Waals surface area contributed by atoms with Crippen LogP contribution >= 0.6 is 11.6 Å². The van der Waals surface area contributed by atoms with Crippen molar-refractivity contribution in [3.63, 3.8) is 0 Å². The second-order valence-electron chi connectivity index (χ2n) is 11.1. The summed E-state index contributed by atoms with van der Waals surface area (Å²) in [7, 11) is 3.98. The maximum Gasteiger partial charge on any atom is 0.318 e. The number of hydrogen-bond acceptors (Lipinski definition) is 8. The maximum absolute atomic E-state index is 15.3. The number of anilines is 2. The lowest BCUT2D eigenvalue weighted by atomic mass is 9.96. The number of hydrogen-bond donors (Lipinski definition) is 0. The zero-order valence-corrected chi connectivity index (χ0v) is 23.2. The molecule has 0 saturated carbocycles. The molecular weight excluding hydrogens is 517 g/mol. The van der Waals surface area contributed by atoms with Gasteiger partial charge in [0.25, 0.3) is 0 Å². The highest BCUT2D eigenvalue weighted by molar-refractivity contribution is 6.36. The van der Waals surface area contributed by atoms with E-state index >= 15 is 4.39 Å². The molecule has 0 aliphatic carbocycles. The lowest BCUT2D eigenvalue weighted by Gasteiger charge is -2.43. The number of fused-ring (bicyclic) bond motifs is 2. The van der Waals surface area contributed by atoms with Crippen molar-refractivity contribution in [1.29, 1.82) is 5.26 Å². The molecule has 1 atom stereocenters. The average molecular weight is 550 g/mol. The van der Waals surface area contributed by atoms with Crippen LogP contribution in [0.3, 0.4) is 0 Å². The van der Waals surface area contributed by atoms with Crippen molar-refractivity contribution in [1.82, 2.24) is 19.8 Å². The van der Waals surface area contributed by atoms with E-state index in [1.54, 1.807) is 0 Å². The second kappa shape index (κ2) is 10.3. The first-order valence-corrected chi connectivity index (χ1v) is 13.9. The largest absolute Gasteiger partial charge is 0.462 e. The summed E-state index contributed by atoms with van der Waals surface area (Å²) in [5.41, 5.74) is 1.53. The lowest BCUT2D eigenvalue weighted by molar-refractivity contribution is 0.0116. The molecule has 2 aromatic carbocycles. The minimum atomic E-state index is -1.45. The van der Waals surface area contributed by atoms with Crippen molar-refractivity contribution in [2.75, 3.05) is 63.2 Å². The van der Waals surface area contributed by atoms with E-state index in [0.29, 0.717) is 37.4 Å². The van der Waals surface area contributed by atoms with E-state index in [1.165, 1.54) is 4.90 Å². The van der Waals surface area contributed by atoms with Crippen LogP contribution in [0.25, 0.3) is 10.8 Å². The molecule has 0 spiro atoms. The van der Waals surface area contributed by atoms with E-state index < -0.39 is 5.67 Å². The fraction of sp³-hybridized carbons (Fsp3) is 0.483. The van der Waals surface area contributed by atoms with Gasteiger partial charge in [-0.15, -0.1) is 0 Å². The molecule has 39 heavy (non-hydrogen) atoms. The molecule has 10 heteroatoms. The monoisotopic (exact) mass is 549 g/mol. The highest BCUT2D eigenvalue weighted by Gasteiger charge is 2.45. The van der Waals surface area contributed by atoms with Gasteiger partial charge < -0.3 is 24.3 Å². The van der Waals surface area contributed by atoms with Gasteiger partial charge in [-0.25, -0.2) is 4.39 Å². The number of nitrogens with zero attached hydrogens (tertiary/aromatic N) is 7. The summed E-state index contributed by atoms with van der Waals surface area (Å²) in [4.78, 5) is 17.6. The number of nitriles is 1. The first-order valence-electron chi connectivity index (χ1n) is 13.5. The number of benzene rings is 2. The molecule has 3 aliphatic heterocycles. The highest BCUT2D eigenvalue weighted by Crippen LogP contribution is 2.37. The predicted octanol–water partition coefficient (Wildman–Crippen LogP) is 4.26. The lowest BCUT2D eigenvalue weighted by Crippen LogP contribution is -2.61. The Kier molecular flexibility index (Phi) is 6.86. The smallest absolute Gasteiger partial charge is 0.318 e. The Labute approximate surface area is 233 Å².